The quantitative estimate of drug-likeness (QED) is 0.774. The van der Waals surface area contributed by atoms with Crippen molar-refractivity contribution in [3.05, 3.63) is 30.3 Å². The first kappa shape index (κ1) is 13.2. The van der Waals surface area contributed by atoms with Gasteiger partial charge in [0.2, 0.25) is 0 Å². The van der Waals surface area contributed by atoms with E-state index in [-0.39, 0.29) is 5.82 Å². The largest absolute Gasteiger partial charge is 0.432 e. The van der Waals surface area contributed by atoms with E-state index in [1.54, 1.807) is 0 Å². The van der Waals surface area contributed by atoms with Gasteiger partial charge in [0.15, 0.2) is 17.2 Å². The molecule has 6 nitrogen and oxygen atoms in total. The van der Waals surface area contributed by atoms with Crippen LogP contribution >= 0.6 is 0 Å². The van der Waals surface area contributed by atoms with Gasteiger partial charge in [0.25, 0.3) is 0 Å². The molecule has 0 amide bonds. The minimum absolute atomic E-state index is 0.178. The number of anilines is 1. The van der Waals surface area contributed by atoms with Gasteiger partial charge < -0.3 is 10.5 Å². The third-order valence-corrected chi connectivity index (χ3v) is 2.82. The molecule has 0 aliphatic heterocycles. The SMILES string of the molecule is Nc1ncnc2n[nH]c(-c3ccc(OC(F)F)c(F)c3)c12. The van der Waals surface area contributed by atoms with Crippen LogP contribution < -0.4 is 10.5 Å². The molecule has 0 aliphatic carbocycles. The Hall–Kier alpha value is -2.84. The average Bonchev–Trinajstić information content (AvgIpc) is 2.86. The van der Waals surface area contributed by atoms with Crippen molar-refractivity contribution in [2.75, 3.05) is 5.73 Å². The van der Waals surface area contributed by atoms with Gasteiger partial charge in [-0.25, -0.2) is 14.4 Å². The highest BCUT2D eigenvalue weighted by molar-refractivity contribution is 5.97. The van der Waals surface area contributed by atoms with E-state index in [0.29, 0.717) is 22.3 Å². The molecule has 0 saturated heterocycles. The predicted octanol–water partition coefficient (Wildman–Crippen LogP) is 2.34. The minimum atomic E-state index is -3.10. The van der Waals surface area contributed by atoms with Crippen LogP contribution in [0.2, 0.25) is 0 Å². The fourth-order valence-corrected chi connectivity index (χ4v) is 1.94. The lowest BCUT2D eigenvalue weighted by atomic mass is 10.1. The van der Waals surface area contributed by atoms with Crippen LogP contribution in [-0.4, -0.2) is 26.8 Å². The molecule has 1 aromatic carbocycles. The monoisotopic (exact) mass is 295 g/mol. The fraction of sp³-hybridized carbons (Fsp3) is 0.0833. The summed E-state index contributed by atoms with van der Waals surface area (Å²) in [5, 5.41) is 7.03. The first-order valence-corrected chi connectivity index (χ1v) is 5.75. The lowest BCUT2D eigenvalue weighted by molar-refractivity contribution is -0.0521. The minimum Gasteiger partial charge on any atom is -0.432 e. The van der Waals surface area contributed by atoms with Gasteiger partial charge in [-0.1, -0.05) is 0 Å². The number of H-pyrrole nitrogens is 1. The number of hydrogen-bond donors (Lipinski definition) is 2. The third-order valence-electron chi connectivity index (χ3n) is 2.82. The first-order valence-electron chi connectivity index (χ1n) is 5.75. The number of rotatable bonds is 3. The molecule has 0 spiro atoms. The van der Waals surface area contributed by atoms with Gasteiger partial charge in [-0.2, -0.15) is 13.9 Å². The Balaban J connectivity index is 2.09. The van der Waals surface area contributed by atoms with Gasteiger partial charge in [0, 0.05) is 5.56 Å². The molecule has 3 rings (SSSR count). The first-order chi connectivity index (χ1) is 10.1. The summed E-state index contributed by atoms with van der Waals surface area (Å²) in [4.78, 5) is 7.75. The number of hydrogen-bond acceptors (Lipinski definition) is 5. The van der Waals surface area contributed by atoms with Crippen LogP contribution in [0.1, 0.15) is 0 Å². The maximum Gasteiger partial charge on any atom is 0.387 e. The van der Waals surface area contributed by atoms with Gasteiger partial charge in [0.1, 0.15) is 12.1 Å². The van der Waals surface area contributed by atoms with Crippen LogP contribution in [0.4, 0.5) is 19.0 Å². The van der Waals surface area contributed by atoms with E-state index in [4.69, 9.17) is 5.73 Å². The number of nitrogens with two attached hydrogens (primary N) is 1. The molecule has 0 unspecified atom stereocenters. The molecular weight excluding hydrogens is 287 g/mol. The Morgan fingerprint density at radius 3 is 2.76 bits per heavy atom. The Bertz CT molecular complexity index is 805. The van der Waals surface area contributed by atoms with Gasteiger partial charge in [0.05, 0.1) is 11.1 Å². The number of halogens is 3. The van der Waals surface area contributed by atoms with Crippen LogP contribution in [0.3, 0.4) is 0 Å². The van der Waals surface area contributed by atoms with Gasteiger partial charge in [-0.05, 0) is 18.2 Å². The Kier molecular flexibility index (Phi) is 3.09. The highest BCUT2D eigenvalue weighted by Crippen LogP contribution is 2.31. The highest BCUT2D eigenvalue weighted by atomic mass is 19.3. The molecule has 2 heterocycles. The van der Waals surface area contributed by atoms with Crippen LogP contribution in [0.5, 0.6) is 5.75 Å². The molecular formula is C12H8F3N5O. The molecule has 0 atom stereocenters. The molecule has 3 N–H and O–H groups in total. The van der Waals surface area contributed by atoms with Crippen molar-refractivity contribution in [2.24, 2.45) is 0 Å². The Labute approximate surface area is 115 Å². The second-order valence-corrected chi connectivity index (χ2v) is 4.08. The van der Waals surface area contributed by atoms with E-state index >= 15 is 0 Å². The number of nitrogens with zero attached hydrogens (tertiary/aromatic N) is 3. The van der Waals surface area contributed by atoms with Crippen molar-refractivity contribution in [3.63, 3.8) is 0 Å². The number of ether oxygens (including phenoxy) is 1. The van der Waals surface area contributed by atoms with E-state index < -0.39 is 18.2 Å². The Morgan fingerprint density at radius 2 is 2.05 bits per heavy atom. The number of aromatic amines is 1. The number of nitrogens with one attached hydrogen (secondary N) is 1. The zero-order valence-electron chi connectivity index (χ0n) is 10.3. The topological polar surface area (TPSA) is 89.7 Å². The van der Waals surface area contributed by atoms with E-state index in [9.17, 15) is 13.2 Å². The number of fused-ring (bicyclic) bond motifs is 1. The van der Waals surface area contributed by atoms with Crippen LogP contribution in [-0.2, 0) is 0 Å². The molecule has 3 aromatic rings. The summed E-state index contributed by atoms with van der Waals surface area (Å²) in [6.45, 7) is -3.10. The number of alkyl halides is 2. The summed E-state index contributed by atoms with van der Waals surface area (Å²) in [7, 11) is 0. The summed E-state index contributed by atoms with van der Waals surface area (Å²) in [6, 6.07) is 3.54. The summed E-state index contributed by atoms with van der Waals surface area (Å²) < 4.78 is 42.0. The molecule has 2 aromatic heterocycles. The van der Waals surface area contributed by atoms with E-state index in [1.807, 2.05) is 0 Å². The molecule has 0 bridgehead atoms. The molecule has 9 heteroatoms. The number of aromatic nitrogens is 4. The average molecular weight is 295 g/mol. The van der Waals surface area contributed by atoms with Crippen molar-refractivity contribution in [1.82, 2.24) is 20.2 Å². The Morgan fingerprint density at radius 1 is 1.24 bits per heavy atom. The molecule has 0 radical (unpaired) electrons. The van der Waals surface area contributed by atoms with Crippen LogP contribution in [0, 0.1) is 5.82 Å². The zero-order chi connectivity index (χ0) is 15.0. The van der Waals surface area contributed by atoms with Gasteiger partial charge >= 0.3 is 6.61 Å². The lowest BCUT2D eigenvalue weighted by Crippen LogP contribution is -2.03. The predicted molar refractivity (Wildman–Crippen MR) is 68.1 cm³/mol. The second-order valence-electron chi connectivity index (χ2n) is 4.08. The smallest absolute Gasteiger partial charge is 0.387 e. The number of benzene rings is 1. The normalized spacial score (nSPS) is 11.2. The zero-order valence-corrected chi connectivity index (χ0v) is 10.3. The summed E-state index contributed by atoms with van der Waals surface area (Å²) in [6.07, 6.45) is 1.25. The summed E-state index contributed by atoms with van der Waals surface area (Å²) >= 11 is 0. The molecule has 0 fully saturated rings. The van der Waals surface area contributed by atoms with Gasteiger partial charge in [-0.15, -0.1) is 0 Å². The molecule has 0 saturated carbocycles. The number of nitrogen functional groups attached to an aromatic ring is 1. The molecule has 108 valence electrons. The van der Waals surface area contributed by atoms with E-state index in [0.717, 1.165) is 12.1 Å². The maximum atomic E-state index is 13.7. The van der Waals surface area contributed by atoms with Crippen molar-refractivity contribution in [1.29, 1.82) is 0 Å². The van der Waals surface area contributed by atoms with Gasteiger partial charge in [-0.3, -0.25) is 5.10 Å². The van der Waals surface area contributed by atoms with Crippen molar-refractivity contribution < 1.29 is 17.9 Å². The van der Waals surface area contributed by atoms with E-state index in [1.165, 1.54) is 12.4 Å². The maximum absolute atomic E-state index is 13.7. The van der Waals surface area contributed by atoms with Crippen molar-refractivity contribution in [2.45, 2.75) is 6.61 Å². The third kappa shape index (κ3) is 2.33. The fourth-order valence-electron chi connectivity index (χ4n) is 1.94. The molecule has 0 aliphatic rings. The summed E-state index contributed by atoms with van der Waals surface area (Å²) in [5.74, 6) is -1.29. The standard InChI is InChI=1S/C12H8F3N5O/c13-6-3-5(1-2-7(6)21-12(14)15)9-8-10(16)17-4-18-11(8)20-19-9/h1-4,12H,(H3,16,17,18,19,20). The van der Waals surface area contributed by atoms with E-state index in [2.05, 4.69) is 24.9 Å². The van der Waals surface area contributed by atoms with Crippen molar-refractivity contribution >= 4 is 16.9 Å². The second kappa shape index (κ2) is 4.93. The van der Waals surface area contributed by atoms with Crippen LogP contribution in [0.25, 0.3) is 22.3 Å². The summed E-state index contributed by atoms with van der Waals surface area (Å²) in [5.41, 5.74) is 6.82. The van der Waals surface area contributed by atoms with Crippen LogP contribution in [0.15, 0.2) is 24.5 Å². The highest BCUT2D eigenvalue weighted by Gasteiger charge is 2.15. The lowest BCUT2D eigenvalue weighted by Gasteiger charge is -2.07. The molecule has 21 heavy (non-hydrogen) atoms. The van der Waals surface area contributed by atoms with Crippen molar-refractivity contribution in [3.8, 4) is 17.0 Å².